The van der Waals surface area contributed by atoms with E-state index in [1.807, 2.05) is 68.4 Å². The number of allylic oxidation sites excluding steroid dienone is 1. The summed E-state index contributed by atoms with van der Waals surface area (Å²) in [5.41, 5.74) is 3.93. The lowest BCUT2D eigenvalue weighted by Gasteiger charge is -2.29. The van der Waals surface area contributed by atoms with Gasteiger partial charge in [-0.05, 0) is 55.9 Å². The highest BCUT2D eigenvalue weighted by atomic mass is 32.1. The highest BCUT2D eigenvalue weighted by Crippen LogP contribution is 2.27. The summed E-state index contributed by atoms with van der Waals surface area (Å²) < 4.78 is 10.6. The highest BCUT2D eigenvalue weighted by Gasteiger charge is 2.30. The van der Waals surface area contributed by atoms with Gasteiger partial charge < -0.3 is 20.1 Å². The molecular weight excluding hydrogens is 396 g/mol. The summed E-state index contributed by atoms with van der Waals surface area (Å²) in [5.74, 6) is 5.90. The standard InChI is InChI=1S/C24H24N2O3S/c1-3-28-15-16-29-23(27)21-17(2)25-24(30)26-22(21)20-13-11-19(12-14-20)10-9-18-7-5-4-6-8-18/h4-8,11-14,22H,3,15-16H2,1-2H3,(H2,25,26,30). The molecule has 0 aliphatic carbocycles. The van der Waals surface area contributed by atoms with E-state index in [1.165, 1.54) is 0 Å². The van der Waals surface area contributed by atoms with Gasteiger partial charge in [-0.3, -0.25) is 0 Å². The second-order valence-electron chi connectivity index (χ2n) is 6.64. The Balaban J connectivity index is 1.78. The second kappa shape index (κ2) is 10.6. The van der Waals surface area contributed by atoms with E-state index < -0.39 is 12.0 Å². The molecule has 0 spiro atoms. The minimum atomic E-state index is -0.396. The number of hydrogen-bond donors (Lipinski definition) is 2. The quantitative estimate of drug-likeness (QED) is 0.323. The fourth-order valence-corrected chi connectivity index (χ4v) is 3.33. The van der Waals surface area contributed by atoms with Crippen molar-refractivity contribution in [1.82, 2.24) is 10.6 Å². The monoisotopic (exact) mass is 420 g/mol. The van der Waals surface area contributed by atoms with Crippen molar-refractivity contribution in [3.05, 3.63) is 82.6 Å². The van der Waals surface area contributed by atoms with Crippen LogP contribution in [0.1, 0.15) is 36.6 Å². The van der Waals surface area contributed by atoms with Crippen molar-refractivity contribution in [2.24, 2.45) is 0 Å². The fourth-order valence-electron chi connectivity index (χ4n) is 3.05. The van der Waals surface area contributed by atoms with Crippen LogP contribution in [0.3, 0.4) is 0 Å². The zero-order chi connectivity index (χ0) is 21.3. The van der Waals surface area contributed by atoms with Crippen molar-refractivity contribution in [2.45, 2.75) is 19.9 Å². The summed E-state index contributed by atoms with van der Waals surface area (Å²) in [6, 6.07) is 17.2. The molecule has 0 amide bonds. The topological polar surface area (TPSA) is 59.6 Å². The van der Waals surface area contributed by atoms with Crippen LogP contribution in [-0.4, -0.2) is 30.9 Å². The van der Waals surface area contributed by atoms with E-state index in [-0.39, 0.29) is 6.61 Å². The number of carbonyl (C=O) groups is 1. The van der Waals surface area contributed by atoms with Crippen molar-refractivity contribution in [2.75, 3.05) is 19.8 Å². The maximum atomic E-state index is 12.7. The minimum Gasteiger partial charge on any atom is -0.460 e. The molecular formula is C24H24N2O3S. The smallest absolute Gasteiger partial charge is 0.338 e. The number of esters is 1. The van der Waals surface area contributed by atoms with Gasteiger partial charge in [-0.2, -0.15) is 0 Å². The molecule has 0 aromatic heterocycles. The van der Waals surface area contributed by atoms with Gasteiger partial charge in [0.1, 0.15) is 6.61 Å². The first-order valence-corrected chi connectivity index (χ1v) is 10.2. The van der Waals surface area contributed by atoms with E-state index in [9.17, 15) is 4.79 Å². The van der Waals surface area contributed by atoms with E-state index in [0.29, 0.717) is 29.6 Å². The van der Waals surface area contributed by atoms with E-state index in [2.05, 4.69) is 22.5 Å². The molecule has 6 heteroatoms. The Morgan fingerprint density at radius 3 is 2.37 bits per heavy atom. The third-order valence-corrected chi connectivity index (χ3v) is 4.74. The summed E-state index contributed by atoms with van der Waals surface area (Å²) in [6.07, 6.45) is 0. The van der Waals surface area contributed by atoms with Crippen molar-refractivity contribution in [3.8, 4) is 11.8 Å². The van der Waals surface area contributed by atoms with Gasteiger partial charge in [0, 0.05) is 23.4 Å². The number of ether oxygens (including phenoxy) is 2. The number of rotatable bonds is 6. The molecule has 3 rings (SSSR count). The first-order chi connectivity index (χ1) is 14.6. The zero-order valence-electron chi connectivity index (χ0n) is 17.0. The Kier molecular flexibility index (Phi) is 7.61. The predicted octanol–water partition coefficient (Wildman–Crippen LogP) is 3.46. The lowest BCUT2D eigenvalue weighted by atomic mass is 9.95. The maximum absolute atomic E-state index is 12.7. The lowest BCUT2D eigenvalue weighted by molar-refractivity contribution is -0.141. The van der Waals surface area contributed by atoms with Crippen LogP contribution >= 0.6 is 12.2 Å². The molecule has 0 saturated carbocycles. The van der Waals surface area contributed by atoms with Crippen LogP contribution in [-0.2, 0) is 14.3 Å². The molecule has 1 atom stereocenters. The van der Waals surface area contributed by atoms with Crippen LogP contribution in [0.25, 0.3) is 0 Å². The number of carbonyl (C=O) groups excluding carboxylic acids is 1. The van der Waals surface area contributed by atoms with Gasteiger partial charge in [0.25, 0.3) is 0 Å². The predicted molar refractivity (Wildman–Crippen MR) is 121 cm³/mol. The van der Waals surface area contributed by atoms with E-state index in [0.717, 1.165) is 16.7 Å². The third-order valence-electron chi connectivity index (χ3n) is 4.52. The molecule has 1 unspecified atom stereocenters. The lowest BCUT2D eigenvalue weighted by Crippen LogP contribution is -2.45. The summed E-state index contributed by atoms with van der Waals surface area (Å²) in [5, 5.41) is 6.64. The second-order valence-corrected chi connectivity index (χ2v) is 7.05. The molecule has 30 heavy (non-hydrogen) atoms. The van der Waals surface area contributed by atoms with Crippen LogP contribution in [0, 0.1) is 11.8 Å². The molecule has 0 saturated heterocycles. The molecule has 2 aromatic rings. The van der Waals surface area contributed by atoms with Crippen molar-refractivity contribution >= 4 is 23.3 Å². The van der Waals surface area contributed by atoms with Gasteiger partial charge in [0.2, 0.25) is 0 Å². The van der Waals surface area contributed by atoms with Crippen molar-refractivity contribution in [3.63, 3.8) is 0 Å². The van der Waals surface area contributed by atoms with Crippen molar-refractivity contribution in [1.29, 1.82) is 0 Å². The van der Waals surface area contributed by atoms with Crippen LogP contribution in [0.5, 0.6) is 0 Å². The molecule has 154 valence electrons. The van der Waals surface area contributed by atoms with E-state index >= 15 is 0 Å². The molecule has 2 aromatic carbocycles. The molecule has 2 N–H and O–H groups in total. The first-order valence-electron chi connectivity index (χ1n) is 9.78. The first kappa shape index (κ1) is 21.6. The summed E-state index contributed by atoms with van der Waals surface area (Å²) in [6.45, 7) is 4.87. The Morgan fingerprint density at radius 2 is 1.70 bits per heavy atom. The largest absolute Gasteiger partial charge is 0.460 e. The normalized spacial score (nSPS) is 15.5. The Hall–Kier alpha value is -3.14. The maximum Gasteiger partial charge on any atom is 0.338 e. The summed E-state index contributed by atoms with van der Waals surface area (Å²) >= 11 is 5.29. The van der Waals surface area contributed by atoms with E-state index in [1.54, 1.807) is 0 Å². The average molecular weight is 421 g/mol. The van der Waals surface area contributed by atoms with E-state index in [4.69, 9.17) is 21.7 Å². The minimum absolute atomic E-state index is 0.203. The van der Waals surface area contributed by atoms with Crippen LogP contribution in [0.4, 0.5) is 0 Å². The number of thiocarbonyl (C=S) groups is 1. The van der Waals surface area contributed by atoms with Gasteiger partial charge in [0.05, 0.1) is 18.2 Å². The number of benzene rings is 2. The molecule has 1 aliphatic heterocycles. The van der Waals surface area contributed by atoms with Crippen molar-refractivity contribution < 1.29 is 14.3 Å². The fraction of sp³-hybridized carbons (Fsp3) is 0.250. The Bertz CT molecular complexity index is 989. The summed E-state index contributed by atoms with van der Waals surface area (Å²) in [7, 11) is 0. The molecule has 5 nitrogen and oxygen atoms in total. The van der Waals surface area contributed by atoms with Gasteiger partial charge in [0.15, 0.2) is 5.11 Å². The SMILES string of the molecule is CCOCCOC(=O)C1=C(C)NC(=S)NC1c1ccc(C#Cc2ccccc2)cc1. The molecule has 0 fully saturated rings. The Morgan fingerprint density at radius 1 is 1.03 bits per heavy atom. The molecule has 0 radical (unpaired) electrons. The molecule has 1 heterocycles. The van der Waals surface area contributed by atoms with Gasteiger partial charge in [-0.1, -0.05) is 42.2 Å². The summed E-state index contributed by atoms with van der Waals surface area (Å²) in [4.78, 5) is 12.7. The zero-order valence-corrected chi connectivity index (χ0v) is 17.8. The molecule has 1 aliphatic rings. The van der Waals surface area contributed by atoms with Crippen LogP contribution in [0.2, 0.25) is 0 Å². The average Bonchev–Trinajstić information content (AvgIpc) is 2.76. The third kappa shape index (κ3) is 5.69. The van der Waals surface area contributed by atoms with Crippen LogP contribution < -0.4 is 10.6 Å². The Labute approximate surface area is 182 Å². The van der Waals surface area contributed by atoms with Gasteiger partial charge in [-0.15, -0.1) is 0 Å². The highest BCUT2D eigenvalue weighted by molar-refractivity contribution is 7.80. The van der Waals surface area contributed by atoms with Gasteiger partial charge >= 0.3 is 5.97 Å². The number of nitrogens with one attached hydrogen (secondary N) is 2. The van der Waals surface area contributed by atoms with Crippen LogP contribution in [0.15, 0.2) is 65.9 Å². The molecule has 0 bridgehead atoms. The van der Waals surface area contributed by atoms with Gasteiger partial charge in [-0.25, -0.2) is 4.79 Å². The number of hydrogen-bond acceptors (Lipinski definition) is 4.